The molecule has 0 saturated carbocycles. The van der Waals surface area contributed by atoms with E-state index >= 15 is 0 Å². The maximum absolute atomic E-state index is 12.5. The van der Waals surface area contributed by atoms with Crippen LogP contribution >= 0.6 is 0 Å². The van der Waals surface area contributed by atoms with Crippen LogP contribution in [0, 0.1) is 5.92 Å². The highest BCUT2D eigenvalue weighted by Gasteiger charge is 2.16. The molecule has 2 aromatic rings. The minimum atomic E-state index is 0.0318. The Morgan fingerprint density at radius 3 is 2.39 bits per heavy atom. The number of rotatable bonds is 9. The Balaban J connectivity index is 1.44. The minimum Gasteiger partial charge on any atom is -0.493 e. The number of nitrogens with zero attached hydrogens (tertiary/aromatic N) is 1. The van der Waals surface area contributed by atoms with Crippen LogP contribution < -0.4 is 24.6 Å². The predicted octanol–water partition coefficient (Wildman–Crippen LogP) is 2.64. The van der Waals surface area contributed by atoms with Crippen molar-refractivity contribution in [1.29, 1.82) is 0 Å². The van der Waals surface area contributed by atoms with Crippen LogP contribution in [-0.2, 0) is 11.2 Å². The van der Waals surface area contributed by atoms with E-state index in [9.17, 15) is 4.79 Å². The summed E-state index contributed by atoms with van der Waals surface area (Å²) in [5, 5.41) is 3.03. The largest absolute Gasteiger partial charge is 0.493 e. The zero-order chi connectivity index (χ0) is 22.2. The number of carbonyl (C=O) groups is 1. The van der Waals surface area contributed by atoms with E-state index in [1.807, 2.05) is 37.4 Å². The number of piperidine rings is 1. The molecule has 1 atom stereocenters. The molecule has 1 heterocycles. The first-order valence-electron chi connectivity index (χ1n) is 11.2. The van der Waals surface area contributed by atoms with E-state index in [0.717, 1.165) is 54.1 Å². The summed E-state index contributed by atoms with van der Waals surface area (Å²) in [4.78, 5) is 16.0. The van der Waals surface area contributed by atoms with Crippen molar-refractivity contribution < 1.29 is 19.2 Å². The normalized spacial score (nSPS) is 15.4. The molecule has 1 fully saturated rings. The number of anilines is 2. The third kappa shape index (κ3) is 6.62. The van der Waals surface area contributed by atoms with Gasteiger partial charge in [-0.1, -0.05) is 13.0 Å². The number of methoxy groups -OCH3 is 2. The fourth-order valence-corrected chi connectivity index (χ4v) is 3.98. The number of benzene rings is 2. The van der Waals surface area contributed by atoms with E-state index in [0.29, 0.717) is 6.54 Å². The Labute approximate surface area is 186 Å². The van der Waals surface area contributed by atoms with Gasteiger partial charge in [0.1, 0.15) is 0 Å². The smallest absolute Gasteiger partial charge is 0.279 e. The second-order valence-corrected chi connectivity index (χ2v) is 8.59. The highest BCUT2D eigenvalue weighted by atomic mass is 16.5. The second kappa shape index (κ2) is 11.0. The van der Waals surface area contributed by atoms with Gasteiger partial charge in [0.15, 0.2) is 18.0 Å². The SMILES string of the molecule is COc1ccc(CC[NH+](C)CC(=O)Nc2ccc(N3CCC(C)CC3)cc2)cc1OC. The van der Waals surface area contributed by atoms with E-state index in [1.165, 1.54) is 24.1 Å². The van der Waals surface area contributed by atoms with Crippen molar-refractivity contribution in [3.8, 4) is 11.5 Å². The predicted molar refractivity (Wildman–Crippen MR) is 126 cm³/mol. The molecule has 1 aliphatic rings. The summed E-state index contributed by atoms with van der Waals surface area (Å²) < 4.78 is 10.7. The first-order chi connectivity index (χ1) is 15.0. The number of quaternary nitrogens is 1. The average Bonchev–Trinajstić information content (AvgIpc) is 2.78. The van der Waals surface area contributed by atoms with Crippen molar-refractivity contribution in [3.05, 3.63) is 48.0 Å². The highest BCUT2D eigenvalue weighted by Crippen LogP contribution is 2.27. The number of nitrogens with one attached hydrogen (secondary N) is 2. The molecule has 6 nitrogen and oxygen atoms in total. The lowest BCUT2D eigenvalue weighted by molar-refractivity contribution is -0.870. The molecule has 1 amide bonds. The molecule has 0 spiro atoms. The molecule has 3 rings (SSSR count). The number of amides is 1. The molecular weight excluding hydrogens is 390 g/mol. The standard InChI is InChI=1S/C25H35N3O3/c1-19-11-15-28(16-12-19)22-8-6-21(7-9-22)26-25(29)18-27(2)14-13-20-5-10-23(30-3)24(17-20)31-4/h5-10,17,19H,11-16,18H2,1-4H3,(H,26,29)/p+1. The van der Waals surface area contributed by atoms with E-state index in [-0.39, 0.29) is 5.91 Å². The molecule has 0 aliphatic carbocycles. The first kappa shape index (κ1) is 22.9. The summed E-state index contributed by atoms with van der Waals surface area (Å²) in [6, 6.07) is 14.2. The van der Waals surface area contributed by atoms with Crippen LogP contribution in [0.15, 0.2) is 42.5 Å². The summed E-state index contributed by atoms with van der Waals surface area (Å²) in [6.07, 6.45) is 3.36. The van der Waals surface area contributed by atoms with Gasteiger partial charge in [0.2, 0.25) is 0 Å². The molecule has 0 radical (unpaired) electrons. The van der Waals surface area contributed by atoms with Crippen molar-refractivity contribution in [1.82, 2.24) is 0 Å². The van der Waals surface area contributed by atoms with E-state index < -0.39 is 0 Å². The van der Waals surface area contributed by atoms with Crippen LogP contribution in [0.1, 0.15) is 25.3 Å². The van der Waals surface area contributed by atoms with E-state index in [4.69, 9.17) is 9.47 Å². The Morgan fingerprint density at radius 1 is 1.06 bits per heavy atom. The molecule has 2 N–H and O–H groups in total. The van der Waals surface area contributed by atoms with Gasteiger partial charge in [-0.05, 0) is 60.7 Å². The molecule has 6 heteroatoms. The lowest BCUT2D eigenvalue weighted by atomic mass is 9.99. The summed E-state index contributed by atoms with van der Waals surface area (Å²) in [6.45, 7) is 5.83. The van der Waals surface area contributed by atoms with Gasteiger partial charge in [0.25, 0.3) is 5.91 Å². The Bertz CT molecular complexity index is 846. The summed E-state index contributed by atoms with van der Waals surface area (Å²) in [7, 11) is 5.32. The van der Waals surface area contributed by atoms with Crippen LogP contribution in [0.3, 0.4) is 0 Å². The van der Waals surface area contributed by atoms with Crippen LogP contribution in [0.5, 0.6) is 11.5 Å². The monoisotopic (exact) mass is 426 g/mol. The quantitative estimate of drug-likeness (QED) is 0.647. The first-order valence-corrected chi connectivity index (χ1v) is 11.2. The molecule has 168 valence electrons. The lowest BCUT2D eigenvalue weighted by Crippen LogP contribution is -3.10. The van der Waals surface area contributed by atoms with Crippen molar-refractivity contribution >= 4 is 17.3 Å². The Hall–Kier alpha value is -2.73. The van der Waals surface area contributed by atoms with Crippen LogP contribution in [0.4, 0.5) is 11.4 Å². The van der Waals surface area contributed by atoms with Gasteiger partial charge in [0.05, 0.1) is 27.8 Å². The summed E-state index contributed by atoms with van der Waals surface area (Å²) >= 11 is 0. The molecule has 1 aliphatic heterocycles. The van der Waals surface area contributed by atoms with Gasteiger partial charge in [-0.15, -0.1) is 0 Å². The summed E-state index contributed by atoms with van der Waals surface area (Å²) in [5.74, 6) is 2.32. The minimum absolute atomic E-state index is 0.0318. The molecule has 1 unspecified atom stereocenters. The fourth-order valence-electron chi connectivity index (χ4n) is 3.98. The second-order valence-electron chi connectivity index (χ2n) is 8.59. The van der Waals surface area contributed by atoms with Gasteiger partial charge in [-0.3, -0.25) is 4.79 Å². The topological polar surface area (TPSA) is 55.2 Å². The third-order valence-electron chi connectivity index (χ3n) is 6.05. The van der Waals surface area contributed by atoms with Crippen molar-refractivity contribution in [2.75, 3.05) is 57.7 Å². The van der Waals surface area contributed by atoms with Gasteiger partial charge in [-0.2, -0.15) is 0 Å². The van der Waals surface area contributed by atoms with Crippen molar-refractivity contribution in [2.45, 2.75) is 26.2 Å². The third-order valence-corrected chi connectivity index (χ3v) is 6.05. The van der Waals surface area contributed by atoms with Crippen LogP contribution in [0.25, 0.3) is 0 Å². The maximum atomic E-state index is 12.5. The molecule has 0 bridgehead atoms. The average molecular weight is 427 g/mol. The van der Waals surface area contributed by atoms with E-state index in [2.05, 4.69) is 29.3 Å². The number of carbonyl (C=O) groups excluding carboxylic acids is 1. The highest BCUT2D eigenvalue weighted by molar-refractivity contribution is 5.91. The maximum Gasteiger partial charge on any atom is 0.279 e. The molecule has 0 aromatic heterocycles. The zero-order valence-electron chi connectivity index (χ0n) is 19.2. The molecular formula is C25H36N3O3+. The number of likely N-dealkylation sites (N-methyl/N-ethyl adjacent to an activating group) is 1. The molecule has 31 heavy (non-hydrogen) atoms. The Kier molecular flexibility index (Phi) is 8.18. The van der Waals surface area contributed by atoms with Crippen LogP contribution in [0.2, 0.25) is 0 Å². The van der Waals surface area contributed by atoms with E-state index in [1.54, 1.807) is 14.2 Å². The zero-order valence-corrected chi connectivity index (χ0v) is 19.2. The number of ether oxygens (including phenoxy) is 2. The number of hydrogen-bond donors (Lipinski definition) is 2. The van der Waals surface area contributed by atoms with Crippen LogP contribution in [-0.4, -0.2) is 53.4 Å². The van der Waals surface area contributed by atoms with Gasteiger partial charge >= 0.3 is 0 Å². The van der Waals surface area contributed by atoms with Gasteiger partial charge in [0, 0.05) is 30.9 Å². The van der Waals surface area contributed by atoms with Gasteiger partial charge < -0.3 is 24.6 Å². The molecule has 2 aromatic carbocycles. The summed E-state index contributed by atoms with van der Waals surface area (Å²) in [5.41, 5.74) is 3.26. The Morgan fingerprint density at radius 2 is 1.74 bits per heavy atom. The molecule has 1 saturated heterocycles. The van der Waals surface area contributed by atoms with Crippen molar-refractivity contribution in [3.63, 3.8) is 0 Å². The van der Waals surface area contributed by atoms with Gasteiger partial charge in [-0.25, -0.2) is 0 Å². The fraction of sp³-hybridized carbons (Fsp3) is 0.480. The van der Waals surface area contributed by atoms with Crippen molar-refractivity contribution in [2.24, 2.45) is 5.92 Å². The lowest BCUT2D eigenvalue weighted by Gasteiger charge is -2.32. The number of hydrogen-bond acceptors (Lipinski definition) is 4.